The quantitative estimate of drug-likeness (QED) is 0.788. The fourth-order valence-electron chi connectivity index (χ4n) is 1.91. The lowest BCUT2D eigenvalue weighted by molar-refractivity contribution is 0.101. The average Bonchev–Trinajstić information content (AvgIpc) is 2.97. The molecule has 0 spiro atoms. The van der Waals surface area contributed by atoms with Gasteiger partial charge in [0.25, 0.3) is 5.91 Å². The van der Waals surface area contributed by atoms with Gasteiger partial charge in [0.05, 0.1) is 5.52 Å². The summed E-state index contributed by atoms with van der Waals surface area (Å²) in [6, 6.07) is 8.94. The fourth-order valence-corrected chi connectivity index (χ4v) is 1.91. The number of nitrogens with one attached hydrogen (secondary N) is 1. The van der Waals surface area contributed by atoms with Crippen LogP contribution < -0.4 is 5.32 Å². The number of nitrogens with zero attached hydrogens (tertiary/aromatic N) is 3. The van der Waals surface area contributed by atoms with Crippen molar-refractivity contribution in [1.29, 1.82) is 0 Å². The third-order valence-corrected chi connectivity index (χ3v) is 2.85. The zero-order chi connectivity index (χ0) is 14.7. The highest BCUT2D eigenvalue weighted by Gasteiger charge is 2.14. The fraction of sp³-hybridized carbons (Fsp3) is 0.143. The van der Waals surface area contributed by atoms with Crippen LogP contribution in [0.1, 0.15) is 16.2 Å². The Labute approximate surface area is 119 Å². The van der Waals surface area contributed by atoms with Crippen LogP contribution in [0.4, 0.5) is 5.82 Å². The number of carbonyl (C=O) groups excluding carboxylic acids is 1. The number of anilines is 1. The minimum atomic E-state index is -0.398. The smallest absolute Gasteiger partial charge is 0.279 e. The molecule has 0 fully saturated rings. The predicted octanol–water partition coefficient (Wildman–Crippen LogP) is 2.02. The lowest BCUT2D eigenvalue weighted by Gasteiger charge is -2.04. The second-order valence-electron chi connectivity index (χ2n) is 4.31. The van der Waals surface area contributed by atoms with Crippen molar-refractivity contribution < 1.29 is 14.1 Å². The molecule has 0 radical (unpaired) electrons. The first-order valence-corrected chi connectivity index (χ1v) is 6.23. The highest BCUT2D eigenvalue weighted by Crippen LogP contribution is 2.19. The largest absolute Gasteiger partial charge is 0.377 e. The van der Waals surface area contributed by atoms with Crippen LogP contribution in [0.3, 0.4) is 0 Å². The van der Waals surface area contributed by atoms with E-state index in [1.165, 1.54) is 19.5 Å². The molecule has 1 aromatic carbocycles. The van der Waals surface area contributed by atoms with Gasteiger partial charge in [-0.3, -0.25) is 4.79 Å². The molecule has 1 N–H and O–H groups in total. The van der Waals surface area contributed by atoms with Crippen LogP contribution in [0.2, 0.25) is 0 Å². The summed E-state index contributed by atoms with van der Waals surface area (Å²) < 4.78 is 9.89. The number of aromatic nitrogens is 3. The van der Waals surface area contributed by atoms with Crippen molar-refractivity contribution in [3.8, 4) is 0 Å². The first-order valence-electron chi connectivity index (χ1n) is 6.23. The second kappa shape index (κ2) is 5.68. The highest BCUT2D eigenvalue weighted by atomic mass is 16.5. The maximum absolute atomic E-state index is 12.1. The second-order valence-corrected chi connectivity index (χ2v) is 4.31. The number of fused-ring (bicyclic) bond motifs is 1. The van der Waals surface area contributed by atoms with Crippen LogP contribution in [-0.4, -0.2) is 28.1 Å². The normalized spacial score (nSPS) is 10.7. The molecule has 3 aromatic rings. The lowest BCUT2D eigenvalue weighted by atomic mass is 10.2. The number of hydrogen-bond donors (Lipinski definition) is 1. The first-order chi connectivity index (χ1) is 10.3. The summed E-state index contributed by atoms with van der Waals surface area (Å²) in [5, 5.41) is 7.16. The minimum absolute atomic E-state index is 0.171. The molecule has 1 amide bonds. The number of amides is 1. The summed E-state index contributed by atoms with van der Waals surface area (Å²) in [6.45, 7) is 0.261. The monoisotopic (exact) mass is 284 g/mol. The van der Waals surface area contributed by atoms with Gasteiger partial charge in [0.1, 0.15) is 18.8 Å². The van der Waals surface area contributed by atoms with Crippen molar-refractivity contribution in [3.05, 3.63) is 48.1 Å². The van der Waals surface area contributed by atoms with Gasteiger partial charge >= 0.3 is 0 Å². The molecule has 21 heavy (non-hydrogen) atoms. The molecule has 0 atom stereocenters. The Morgan fingerprint density at radius 3 is 3.05 bits per heavy atom. The van der Waals surface area contributed by atoms with Gasteiger partial charge in [0.2, 0.25) is 0 Å². The summed E-state index contributed by atoms with van der Waals surface area (Å²) >= 11 is 0. The van der Waals surface area contributed by atoms with Crippen LogP contribution in [0.5, 0.6) is 0 Å². The summed E-state index contributed by atoms with van der Waals surface area (Å²) in [6.07, 6.45) is 1.40. The van der Waals surface area contributed by atoms with Crippen molar-refractivity contribution >= 4 is 22.6 Å². The van der Waals surface area contributed by atoms with Crippen molar-refractivity contribution in [2.24, 2.45) is 0 Å². The van der Waals surface area contributed by atoms with E-state index in [4.69, 9.17) is 9.26 Å². The van der Waals surface area contributed by atoms with Gasteiger partial charge in [-0.15, -0.1) is 0 Å². The van der Waals surface area contributed by atoms with Gasteiger partial charge in [-0.05, 0) is 12.1 Å². The van der Waals surface area contributed by atoms with Gasteiger partial charge in [-0.25, -0.2) is 9.97 Å². The SMILES string of the molecule is COCc1cc(C(=O)Nc2ncnc3ccccc23)no1. The Kier molecular flexibility index (Phi) is 3.57. The third kappa shape index (κ3) is 2.72. The zero-order valence-electron chi connectivity index (χ0n) is 11.2. The van der Waals surface area contributed by atoms with Crippen molar-refractivity contribution in [2.45, 2.75) is 6.61 Å². The molecular weight excluding hydrogens is 272 g/mol. The Hall–Kier alpha value is -2.80. The average molecular weight is 284 g/mol. The Morgan fingerprint density at radius 1 is 1.33 bits per heavy atom. The molecule has 2 aromatic heterocycles. The molecule has 106 valence electrons. The molecule has 0 saturated heterocycles. The zero-order valence-corrected chi connectivity index (χ0v) is 11.2. The van der Waals surface area contributed by atoms with E-state index in [2.05, 4.69) is 20.4 Å². The van der Waals surface area contributed by atoms with E-state index in [9.17, 15) is 4.79 Å². The molecule has 7 nitrogen and oxygen atoms in total. The summed E-state index contributed by atoms with van der Waals surface area (Å²) in [5.41, 5.74) is 0.924. The summed E-state index contributed by atoms with van der Waals surface area (Å²) in [7, 11) is 1.54. The molecule has 2 heterocycles. The van der Waals surface area contributed by atoms with Crippen LogP contribution in [-0.2, 0) is 11.3 Å². The topological polar surface area (TPSA) is 90.1 Å². The van der Waals surface area contributed by atoms with Crippen LogP contribution >= 0.6 is 0 Å². The summed E-state index contributed by atoms with van der Waals surface area (Å²) in [5.74, 6) is 0.516. The van der Waals surface area contributed by atoms with Gasteiger partial charge in [0.15, 0.2) is 11.5 Å². The van der Waals surface area contributed by atoms with E-state index in [0.29, 0.717) is 11.6 Å². The molecule has 7 heteroatoms. The molecule has 0 aliphatic heterocycles. The predicted molar refractivity (Wildman–Crippen MR) is 74.7 cm³/mol. The highest BCUT2D eigenvalue weighted by molar-refractivity contribution is 6.06. The third-order valence-electron chi connectivity index (χ3n) is 2.85. The van der Waals surface area contributed by atoms with Gasteiger partial charge in [-0.1, -0.05) is 17.3 Å². The van der Waals surface area contributed by atoms with Crippen molar-refractivity contribution in [1.82, 2.24) is 15.1 Å². The molecular formula is C14H12N4O3. The minimum Gasteiger partial charge on any atom is -0.377 e. The van der Waals surface area contributed by atoms with Gasteiger partial charge in [0, 0.05) is 18.6 Å². The van der Waals surface area contributed by atoms with E-state index < -0.39 is 5.91 Å². The van der Waals surface area contributed by atoms with Crippen molar-refractivity contribution in [2.75, 3.05) is 12.4 Å². The molecule has 0 bridgehead atoms. The van der Waals surface area contributed by atoms with Crippen LogP contribution in [0.15, 0.2) is 41.2 Å². The Balaban J connectivity index is 1.85. The number of methoxy groups -OCH3 is 1. The van der Waals surface area contributed by atoms with Gasteiger partial charge in [-0.2, -0.15) is 0 Å². The molecule has 0 aliphatic carbocycles. The van der Waals surface area contributed by atoms with E-state index in [-0.39, 0.29) is 12.3 Å². The molecule has 0 unspecified atom stereocenters. The van der Waals surface area contributed by atoms with E-state index in [0.717, 1.165) is 10.9 Å². The number of benzene rings is 1. The van der Waals surface area contributed by atoms with E-state index in [1.807, 2.05) is 24.3 Å². The van der Waals surface area contributed by atoms with Crippen LogP contribution in [0.25, 0.3) is 10.9 Å². The number of rotatable bonds is 4. The molecule has 0 saturated carbocycles. The number of carbonyl (C=O) groups is 1. The van der Waals surface area contributed by atoms with E-state index >= 15 is 0 Å². The standard InChI is InChI=1S/C14H12N4O3/c1-20-7-9-6-12(18-21-9)14(19)17-13-10-4-2-3-5-11(10)15-8-16-13/h2-6,8H,7H2,1H3,(H,15,16,17,19). The van der Waals surface area contributed by atoms with E-state index in [1.54, 1.807) is 0 Å². The Morgan fingerprint density at radius 2 is 2.19 bits per heavy atom. The number of para-hydroxylation sites is 1. The first kappa shape index (κ1) is 13.2. The Bertz CT molecular complexity index is 779. The molecule has 3 rings (SSSR count). The molecule has 0 aliphatic rings. The van der Waals surface area contributed by atoms with Gasteiger partial charge < -0.3 is 14.6 Å². The number of hydrogen-bond acceptors (Lipinski definition) is 6. The lowest BCUT2D eigenvalue weighted by Crippen LogP contribution is -2.13. The van der Waals surface area contributed by atoms with Crippen molar-refractivity contribution in [3.63, 3.8) is 0 Å². The summed E-state index contributed by atoms with van der Waals surface area (Å²) in [4.78, 5) is 20.4. The number of ether oxygens (including phenoxy) is 1. The maximum atomic E-state index is 12.1. The van der Waals surface area contributed by atoms with Crippen LogP contribution in [0, 0.1) is 0 Å². The maximum Gasteiger partial charge on any atom is 0.279 e.